The van der Waals surface area contributed by atoms with Gasteiger partial charge in [0.25, 0.3) is 0 Å². The van der Waals surface area contributed by atoms with Crippen molar-refractivity contribution in [3.63, 3.8) is 0 Å². The minimum absolute atomic E-state index is 0.365. The van der Waals surface area contributed by atoms with Crippen molar-refractivity contribution in [1.29, 1.82) is 0 Å². The number of allylic oxidation sites excluding steroid dienone is 4. The number of benzene rings is 5. The summed E-state index contributed by atoms with van der Waals surface area (Å²) in [4.78, 5) is 0. The van der Waals surface area contributed by atoms with Crippen molar-refractivity contribution in [2.24, 2.45) is 5.92 Å². The lowest BCUT2D eigenvalue weighted by molar-refractivity contribution is 0.851. The zero-order valence-electron chi connectivity index (χ0n) is 27.5. The Kier molecular flexibility index (Phi) is 7.94. The van der Waals surface area contributed by atoms with E-state index in [-0.39, 0.29) is 0 Å². The molecule has 0 N–H and O–H groups in total. The van der Waals surface area contributed by atoms with Gasteiger partial charge in [-0.2, -0.15) is 0 Å². The Morgan fingerprint density at radius 1 is 0.409 bits per heavy atom. The third-order valence-electron chi connectivity index (χ3n) is 9.93. The zero-order chi connectivity index (χ0) is 31.2. The van der Waals surface area contributed by atoms with Gasteiger partial charge < -0.3 is 0 Å². The first-order valence-electron chi connectivity index (χ1n) is 15.9. The van der Waals surface area contributed by atoms with Crippen molar-refractivity contribution in [3.8, 4) is 22.3 Å². The molecule has 0 aliphatic heterocycles. The van der Waals surface area contributed by atoms with Gasteiger partial charge >= 0.3 is 0 Å². The lowest BCUT2D eigenvalue weighted by atomic mass is 9.99. The summed E-state index contributed by atoms with van der Waals surface area (Å²) in [5, 5.41) is 6.05. The van der Waals surface area contributed by atoms with E-state index in [9.17, 15) is 0 Å². The number of aryl methyl sites for hydroxylation is 4. The molecule has 0 heterocycles. The van der Waals surface area contributed by atoms with Crippen LogP contribution >= 0.6 is 0 Å². The molecule has 1 heteroatoms. The summed E-state index contributed by atoms with van der Waals surface area (Å²) in [7, 11) is -2.82. The van der Waals surface area contributed by atoms with Gasteiger partial charge in [0.05, 0.1) is 0 Å². The Hall–Kier alpha value is -4.20. The lowest BCUT2D eigenvalue weighted by Crippen LogP contribution is -2.70. The quantitative estimate of drug-likeness (QED) is 0.137. The Bertz CT molecular complexity index is 1770. The third-order valence-corrected chi connectivity index (χ3v) is 15.0. The highest BCUT2D eigenvalue weighted by atomic mass is 28.3. The molecule has 0 saturated heterocycles. The lowest BCUT2D eigenvalue weighted by Gasteiger charge is -2.40. The van der Waals surface area contributed by atoms with E-state index in [0.717, 1.165) is 0 Å². The standard InChI is InChI=1S/C43H44Si/c1-28-19-29(2)22-40(21-28)44(41-23-30(3)20-31(4)24-41,43-34(7)32(5)33(6)35(43)8)42-26-38(36-15-11-9-12-16-36)25-39(27-42)37-17-13-10-14-18-37/h9-27,34H,1-8H3. The molecule has 1 aliphatic rings. The molecule has 5 aromatic rings. The van der Waals surface area contributed by atoms with Gasteiger partial charge in [0.1, 0.15) is 0 Å². The van der Waals surface area contributed by atoms with E-state index in [1.165, 1.54) is 76.8 Å². The second-order valence-electron chi connectivity index (χ2n) is 13.1. The molecule has 1 aliphatic carbocycles. The van der Waals surface area contributed by atoms with Crippen LogP contribution in [0, 0.1) is 33.6 Å². The van der Waals surface area contributed by atoms with Crippen LogP contribution in [0.3, 0.4) is 0 Å². The summed E-state index contributed by atoms with van der Waals surface area (Å²) in [5.41, 5.74) is 14.8. The number of hydrogen-bond donors (Lipinski definition) is 0. The highest BCUT2D eigenvalue weighted by Gasteiger charge is 2.48. The Balaban J connectivity index is 1.84. The highest BCUT2D eigenvalue weighted by Crippen LogP contribution is 2.42. The fraction of sp³-hybridized carbons (Fsp3) is 0.209. The van der Waals surface area contributed by atoms with Crippen molar-refractivity contribution in [2.75, 3.05) is 0 Å². The average Bonchev–Trinajstić information content (AvgIpc) is 3.20. The molecule has 0 fully saturated rings. The van der Waals surface area contributed by atoms with E-state index < -0.39 is 8.07 Å². The molecule has 0 radical (unpaired) electrons. The first-order chi connectivity index (χ1) is 21.1. The summed E-state index contributed by atoms with van der Waals surface area (Å²) < 4.78 is 0. The predicted octanol–water partition coefficient (Wildman–Crippen LogP) is 9.57. The minimum Gasteiger partial charge on any atom is -0.0636 e. The van der Waals surface area contributed by atoms with E-state index in [4.69, 9.17) is 0 Å². The topological polar surface area (TPSA) is 0 Å². The van der Waals surface area contributed by atoms with Crippen LogP contribution in [0.4, 0.5) is 0 Å². The smallest absolute Gasteiger partial charge is 0.0636 e. The number of rotatable bonds is 6. The summed E-state index contributed by atoms with van der Waals surface area (Å²) in [5.74, 6) is 0.365. The molecular weight excluding hydrogens is 545 g/mol. The molecule has 5 aromatic carbocycles. The van der Waals surface area contributed by atoms with E-state index in [1.807, 2.05) is 0 Å². The molecular formula is C43H44Si. The molecule has 0 aromatic heterocycles. The molecule has 6 rings (SSSR count). The first-order valence-corrected chi connectivity index (χ1v) is 17.9. The van der Waals surface area contributed by atoms with Gasteiger partial charge in [0.2, 0.25) is 0 Å². The average molecular weight is 589 g/mol. The molecule has 0 saturated carbocycles. The van der Waals surface area contributed by atoms with Gasteiger partial charge in [-0.1, -0.05) is 155 Å². The van der Waals surface area contributed by atoms with Gasteiger partial charge in [-0.15, -0.1) is 0 Å². The molecule has 0 spiro atoms. The number of hydrogen-bond acceptors (Lipinski definition) is 0. The monoisotopic (exact) mass is 588 g/mol. The first kappa shape index (κ1) is 29.9. The summed E-state index contributed by atoms with van der Waals surface area (Å²) >= 11 is 0. The van der Waals surface area contributed by atoms with Crippen LogP contribution in [-0.4, -0.2) is 8.07 Å². The van der Waals surface area contributed by atoms with Crippen LogP contribution in [0.15, 0.2) is 137 Å². The maximum atomic E-state index is 2.54. The maximum absolute atomic E-state index is 2.82. The fourth-order valence-corrected chi connectivity index (χ4v) is 13.8. The Morgan fingerprint density at radius 2 is 0.795 bits per heavy atom. The van der Waals surface area contributed by atoms with Crippen LogP contribution in [0.25, 0.3) is 22.3 Å². The fourth-order valence-electron chi connectivity index (χ4n) is 7.76. The van der Waals surface area contributed by atoms with Crippen LogP contribution < -0.4 is 15.6 Å². The van der Waals surface area contributed by atoms with Gasteiger partial charge in [-0.25, -0.2) is 0 Å². The van der Waals surface area contributed by atoms with Crippen LogP contribution in [0.2, 0.25) is 0 Å². The largest absolute Gasteiger partial charge is 0.176 e. The van der Waals surface area contributed by atoms with Crippen LogP contribution in [-0.2, 0) is 0 Å². The van der Waals surface area contributed by atoms with E-state index in [2.05, 4.69) is 171 Å². The molecule has 0 bridgehead atoms. The van der Waals surface area contributed by atoms with Crippen molar-refractivity contribution < 1.29 is 0 Å². The summed E-state index contributed by atoms with van der Waals surface area (Å²) in [6.45, 7) is 18.6. The highest BCUT2D eigenvalue weighted by molar-refractivity contribution is 7.16. The Morgan fingerprint density at radius 3 is 1.16 bits per heavy atom. The normalized spacial score (nSPS) is 15.3. The second-order valence-corrected chi connectivity index (χ2v) is 16.9. The molecule has 44 heavy (non-hydrogen) atoms. The summed E-state index contributed by atoms with van der Waals surface area (Å²) in [6.07, 6.45) is 0. The van der Waals surface area contributed by atoms with Gasteiger partial charge in [0.15, 0.2) is 8.07 Å². The zero-order valence-corrected chi connectivity index (χ0v) is 28.5. The summed E-state index contributed by atoms with van der Waals surface area (Å²) in [6, 6.07) is 44.0. The van der Waals surface area contributed by atoms with Gasteiger partial charge in [-0.05, 0) is 104 Å². The minimum atomic E-state index is -2.82. The van der Waals surface area contributed by atoms with Gasteiger partial charge in [-0.3, -0.25) is 0 Å². The van der Waals surface area contributed by atoms with Crippen LogP contribution in [0.5, 0.6) is 0 Å². The second kappa shape index (κ2) is 11.7. The SMILES string of the molecule is CC1=C(C)C(C)C([Si](c2cc(C)cc(C)c2)(c2cc(C)cc(C)c2)c2cc(-c3ccccc3)cc(-c3ccccc3)c2)=C1C. The van der Waals surface area contributed by atoms with Gasteiger partial charge in [0, 0.05) is 0 Å². The van der Waals surface area contributed by atoms with Crippen molar-refractivity contribution >= 4 is 23.6 Å². The third kappa shape index (κ3) is 5.14. The molecule has 1 unspecified atom stereocenters. The van der Waals surface area contributed by atoms with Crippen molar-refractivity contribution in [2.45, 2.75) is 55.4 Å². The molecule has 1 atom stereocenters. The van der Waals surface area contributed by atoms with Crippen molar-refractivity contribution in [3.05, 3.63) is 159 Å². The van der Waals surface area contributed by atoms with Crippen molar-refractivity contribution in [1.82, 2.24) is 0 Å². The Labute approximate surface area is 265 Å². The molecule has 0 amide bonds. The van der Waals surface area contributed by atoms with Crippen LogP contribution in [0.1, 0.15) is 49.9 Å². The molecule has 220 valence electrons. The predicted molar refractivity (Wildman–Crippen MR) is 194 cm³/mol. The molecule has 0 nitrogen and oxygen atoms in total. The van der Waals surface area contributed by atoms with E-state index in [1.54, 1.807) is 5.20 Å². The van der Waals surface area contributed by atoms with E-state index >= 15 is 0 Å². The maximum Gasteiger partial charge on any atom is 0.176 e. The van der Waals surface area contributed by atoms with E-state index in [0.29, 0.717) is 5.92 Å².